The largest absolute Gasteiger partial charge is 0.444 e. The summed E-state index contributed by atoms with van der Waals surface area (Å²) in [6, 6.07) is 4.79. The first-order valence-electron chi connectivity index (χ1n) is 5.65. The van der Waals surface area contributed by atoms with Gasteiger partial charge in [0.1, 0.15) is 11.8 Å². The first-order chi connectivity index (χ1) is 8.97. The molecule has 4 nitrogen and oxygen atoms in total. The summed E-state index contributed by atoms with van der Waals surface area (Å²) in [5.41, 5.74) is 0.408. The van der Waals surface area contributed by atoms with Crippen LogP contribution in [0.4, 0.5) is 0 Å². The van der Waals surface area contributed by atoms with E-state index in [2.05, 4.69) is 26.2 Å². The van der Waals surface area contributed by atoms with E-state index in [0.717, 1.165) is 4.47 Å². The third-order valence-electron chi connectivity index (χ3n) is 2.53. The third kappa shape index (κ3) is 3.36. The molecule has 1 unspecified atom stereocenters. The lowest BCUT2D eigenvalue weighted by Gasteiger charge is -2.11. The zero-order valence-corrected chi connectivity index (χ0v) is 12.7. The second kappa shape index (κ2) is 5.75. The molecule has 0 aliphatic heterocycles. The Labute approximate surface area is 124 Å². The smallest absolute Gasteiger partial charge is 0.253 e. The van der Waals surface area contributed by atoms with E-state index in [0.29, 0.717) is 22.2 Å². The summed E-state index contributed by atoms with van der Waals surface area (Å²) in [4.78, 5) is 16.2. The van der Waals surface area contributed by atoms with Gasteiger partial charge in [-0.05, 0) is 32.0 Å². The van der Waals surface area contributed by atoms with Gasteiger partial charge >= 0.3 is 0 Å². The minimum Gasteiger partial charge on any atom is -0.444 e. The van der Waals surface area contributed by atoms with Gasteiger partial charge in [-0.15, -0.1) is 0 Å². The van der Waals surface area contributed by atoms with Crippen molar-refractivity contribution < 1.29 is 9.21 Å². The van der Waals surface area contributed by atoms with Gasteiger partial charge in [0.05, 0.1) is 16.8 Å². The summed E-state index contributed by atoms with van der Waals surface area (Å²) in [6.45, 7) is 3.60. The molecule has 0 saturated heterocycles. The number of rotatable bonds is 3. The Morgan fingerprint density at radius 2 is 2.26 bits per heavy atom. The van der Waals surface area contributed by atoms with Crippen LogP contribution >= 0.6 is 27.5 Å². The Kier molecular flexibility index (Phi) is 4.27. The summed E-state index contributed by atoms with van der Waals surface area (Å²) in [7, 11) is 0. The number of amides is 1. The number of oxazole rings is 1. The van der Waals surface area contributed by atoms with E-state index < -0.39 is 0 Å². The van der Waals surface area contributed by atoms with E-state index >= 15 is 0 Å². The predicted octanol–water partition coefficient (Wildman–Crippen LogP) is 3.89. The average Bonchev–Trinajstić information content (AvgIpc) is 2.79. The maximum absolute atomic E-state index is 12.1. The number of carbonyl (C=O) groups is 1. The Morgan fingerprint density at radius 3 is 2.89 bits per heavy atom. The number of halogens is 2. The van der Waals surface area contributed by atoms with Gasteiger partial charge in [-0.2, -0.15) is 0 Å². The van der Waals surface area contributed by atoms with Crippen LogP contribution in [0.15, 0.2) is 33.3 Å². The minimum atomic E-state index is -0.323. The van der Waals surface area contributed by atoms with E-state index in [-0.39, 0.29) is 11.9 Å². The normalized spacial score (nSPS) is 12.2. The molecule has 100 valence electrons. The van der Waals surface area contributed by atoms with Crippen molar-refractivity contribution in [2.45, 2.75) is 19.9 Å². The van der Waals surface area contributed by atoms with Crippen LogP contribution in [0.3, 0.4) is 0 Å². The third-order valence-corrected chi connectivity index (χ3v) is 3.35. The number of benzene rings is 1. The monoisotopic (exact) mass is 342 g/mol. The highest BCUT2D eigenvalue weighted by molar-refractivity contribution is 9.10. The summed E-state index contributed by atoms with van der Waals surface area (Å²) in [5.74, 6) is 0.906. The second-order valence-corrected chi connectivity index (χ2v) is 5.45. The maximum Gasteiger partial charge on any atom is 0.253 e. The molecule has 1 amide bonds. The Morgan fingerprint density at radius 1 is 1.53 bits per heavy atom. The van der Waals surface area contributed by atoms with Crippen molar-refractivity contribution >= 4 is 33.4 Å². The van der Waals surface area contributed by atoms with Crippen molar-refractivity contribution in [3.8, 4) is 0 Å². The fourth-order valence-corrected chi connectivity index (χ4v) is 2.14. The summed E-state index contributed by atoms with van der Waals surface area (Å²) in [5, 5.41) is 3.19. The van der Waals surface area contributed by atoms with Gasteiger partial charge < -0.3 is 9.73 Å². The van der Waals surface area contributed by atoms with Crippen LogP contribution in [0.1, 0.15) is 35.0 Å². The van der Waals surface area contributed by atoms with Crippen LogP contribution in [0, 0.1) is 6.92 Å². The zero-order chi connectivity index (χ0) is 14.0. The summed E-state index contributed by atoms with van der Waals surface area (Å²) in [6.07, 6.45) is 1.62. The number of aromatic nitrogens is 1. The average molecular weight is 344 g/mol. The van der Waals surface area contributed by atoms with Crippen LogP contribution < -0.4 is 5.32 Å². The van der Waals surface area contributed by atoms with Gasteiger partial charge in [-0.3, -0.25) is 4.79 Å². The predicted molar refractivity (Wildman–Crippen MR) is 76.3 cm³/mol. The lowest BCUT2D eigenvalue weighted by Crippen LogP contribution is -2.27. The van der Waals surface area contributed by atoms with Gasteiger partial charge in [0.15, 0.2) is 0 Å². The molecule has 19 heavy (non-hydrogen) atoms. The quantitative estimate of drug-likeness (QED) is 0.920. The molecule has 1 aromatic carbocycles. The Hall–Kier alpha value is -1.33. The SMILES string of the molecule is Cc1cnc(C(C)NC(=O)c2cc(Br)ccc2Cl)o1. The van der Waals surface area contributed by atoms with E-state index in [1.165, 1.54) is 0 Å². The van der Waals surface area contributed by atoms with E-state index in [1.807, 2.05) is 0 Å². The zero-order valence-electron chi connectivity index (χ0n) is 10.4. The molecule has 0 aliphatic carbocycles. The van der Waals surface area contributed by atoms with Gasteiger partial charge in [0, 0.05) is 4.47 Å². The highest BCUT2D eigenvalue weighted by Crippen LogP contribution is 2.22. The molecule has 1 atom stereocenters. The van der Waals surface area contributed by atoms with Crippen LogP contribution in [0.2, 0.25) is 5.02 Å². The fraction of sp³-hybridized carbons (Fsp3) is 0.231. The topological polar surface area (TPSA) is 55.1 Å². The van der Waals surface area contributed by atoms with Crippen molar-refractivity contribution in [2.75, 3.05) is 0 Å². The van der Waals surface area contributed by atoms with Crippen molar-refractivity contribution in [2.24, 2.45) is 0 Å². The second-order valence-electron chi connectivity index (χ2n) is 4.13. The van der Waals surface area contributed by atoms with E-state index in [9.17, 15) is 4.79 Å². The molecule has 0 fully saturated rings. The standard InChI is InChI=1S/C13H12BrClN2O2/c1-7-6-16-13(19-7)8(2)17-12(18)10-5-9(14)3-4-11(10)15/h3-6,8H,1-2H3,(H,17,18). The van der Waals surface area contributed by atoms with Gasteiger partial charge in [-0.1, -0.05) is 27.5 Å². The number of carbonyl (C=O) groups excluding carboxylic acids is 1. The fourth-order valence-electron chi connectivity index (χ4n) is 1.58. The molecule has 6 heteroatoms. The number of hydrogen-bond donors (Lipinski definition) is 1. The molecule has 0 aliphatic rings. The first kappa shape index (κ1) is 14.1. The lowest BCUT2D eigenvalue weighted by molar-refractivity contribution is 0.0934. The number of hydrogen-bond acceptors (Lipinski definition) is 3. The molecule has 2 rings (SSSR count). The van der Waals surface area contributed by atoms with Gasteiger partial charge in [0.25, 0.3) is 5.91 Å². The summed E-state index contributed by atoms with van der Waals surface area (Å²) < 4.78 is 6.16. The Balaban J connectivity index is 2.15. The van der Waals surface area contributed by atoms with Crippen molar-refractivity contribution in [3.63, 3.8) is 0 Å². The molecule has 0 spiro atoms. The lowest BCUT2D eigenvalue weighted by atomic mass is 10.2. The highest BCUT2D eigenvalue weighted by atomic mass is 79.9. The van der Waals surface area contributed by atoms with Crippen LogP contribution in [-0.2, 0) is 0 Å². The summed E-state index contributed by atoms with van der Waals surface area (Å²) >= 11 is 9.31. The first-order valence-corrected chi connectivity index (χ1v) is 6.82. The maximum atomic E-state index is 12.1. The van der Waals surface area contributed by atoms with Gasteiger partial charge in [0.2, 0.25) is 5.89 Å². The molecule has 0 bridgehead atoms. The van der Waals surface area contributed by atoms with Gasteiger partial charge in [-0.25, -0.2) is 4.98 Å². The molecular weight excluding hydrogens is 332 g/mol. The van der Waals surface area contributed by atoms with Crippen molar-refractivity contribution in [1.82, 2.24) is 10.3 Å². The molecule has 0 saturated carbocycles. The molecule has 1 heterocycles. The Bertz CT molecular complexity index is 612. The van der Waals surface area contributed by atoms with Crippen molar-refractivity contribution in [3.05, 3.63) is 51.1 Å². The molecule has 1 N–H and O–H groups in total. The highest BCUT2D eigenvalue weighted by Gasteiger charge is 2.17. The van der Waals surface area contributed by atoms with Crippen LogP contribution in [0.5, 0.6) is 0 Å². The number of nitrogens with one attached hydrogen (secondary N) is 1. The van der Waals surface area contributed by atoms with Crippen LogP contribution in [0.25, 0.3) is 0 Å². The molecule has 1 aromatic heterocycles. The van der Waals surface area contributed by atoms with E-state index in [1.54, 1.807) is 38.2 Å². The number of nitrogens with zero attached hydrogens (tertiary/aromatic N) is 1. The van der Waals surface area contributed by atoms with Crippen LogP contribution in [-0.4, -0.2) is 10.9 Å². The van der Waals surface area contributed by atoms with Crippen molar-refractivity contribution in [1.29, 1.82) is 0 Å². The number of aryl methyl sites for hydroxylation is 1. The van der Waals surface area contributed by atoms with E-state index in [4.69, 9.17) is 16.0 Å². The molecule has 2 aromatic rings. The minimum absolute atomic E-state index is 0.269. The molecular formula is C13H12BrClN2O2. The molecule has 0 radical (unpaired) electrons.